The van der Waals surface area contributed by atoms with Crippen molar-refractivity contribution in [3.05, 3.63) is 57.9 Å². The van der Waals surface area contributed by atoms with Gasteiger partial charge in [0.05, 0.1) is 17.2 Å². The first-order chi connectivity index (χ1) is 13.0. The molecule has 5 nitrogen and oxygen atoms in total. The van der Waals surface area contributed by atoms with E-state index in [0.717, 1.165) is 45.9 Å². The van der Waals surface area contributed by atoms with E-state index in [1.165, 1.54) is 0 Å². The van der Waals surface area contributed by atoms with Gasteiger partial charge in [-0.15, -0.1) is 0 Å². The fraction of sp³-hybridized carbons (Fsp3) is 0.381. The first-order valence-corrected chi connectivity index (χ1v) is 9.59. The molecule has 27 heavy (non-hydrogen) atoms. The van der Waals surface area contributed by atoms with Gasteiger partial charge in [0.15, 0.2) is 0 Å². The van der Waals surface area contributed by atoms with E-state index in [2.05, 4.69) is 16.4 Å². The summed E-state index contributed by atoms with van der Waals surface area (Å²) in [5.74, 6) is -0.0271. The number of nitrogens with zero attached hydrogens (tertiary/aromatic N) is 3. The SMILES string of the molecule is CCN1Cc2ccc(C(C)(C#N)[C@@H]3CCc4c(Cl)ccnc43)cc2NC1=O. The van der Waals surface area contributed by atoms with E-state index in [9.17, 15) is 10.1 Å². The zero-order valence-electron chi connectivity index (χ0n) is 15.4. The zero-order chi connectivity index (χ0) is 19.2. The van der Waals surface area contributed by atoms with Crippen LogP contribution in [-0.2, 0) is 18.4 Å². The molecule has 4 rings (SSSR count). The first kappa shape index (κ1) is 17.8. The Bertz CT molecular complexity index is 967. The van der Waals surface area contributed by atoms with Crippen molar-refractivity contribution in [3.63, 3.8) is 0 Å². The average Bonchev–Trinajstić information content (AvgIpc) is 3.12. The molecule has 1 aromatic carbocycles. The summed E-state index contributed by atoms with van der Waals surface area (Å²) in [6.45, 7) is 5.17. The van der Waals surface area contributed by atoms with Crippen LogP contribution < -0.4 is 5.32 Å². The minimum atomic E-state index is -0.745. The van der Waals surface area contributed by atoms with Crippen LogP contribution in [0.4, 0.5) is 10.5 Å². The Hall–Kier alpha value is -2.58. The van der Waals surface area contributed by atoms with E-state index in [4.69, 9.17) is 11.6 Å². The highest BCUT2D eigenvalue weighted by molar-refractivity contribution is 6.31. The largest absolute Gasteiger partial charge is 0.322 e. The molecule has 1 N–H and O–H groups in total. The Morgan fingerprint density at radius 2 is 2.26 bits per heavy atom. The second-order valence-corrected chi connectivity index (χ2v) is 7.79. The Morgan fingerprint density at radius 1 is 1.44 bits per heavy atom. The van der Waals surface area contributed by atoms with E-state index in [1.807, 2.05) is 32.0 Å². The molecule has 0 bridgehead atoms. The van der Waals surface area contributed by atoms with Gasteiger partial charge in [-0.25, -0.2) is 4.79 Å². The lowest BCUT2D eigenvalue weighted by Crippen LogP contribution is -2.38. The van der Waals surface area contributed by atoms with Crippen molar-refractivity contribution in [2.45, 2.75) is 44.6 Å². The monoisotopic (exact) mass is 380 g/mol. The number of urea groups is 1. The number of carbonyl (C=O) groups is 1. The molecule has 138 valence electrons. The number of aromatic nitrogens is 1. The van der Waals surface area contributed by atoms with Crippen LogP contribution >= 0.6 is 11.6 Å². The van der Waals surface area contributed by atoms with Gasteiger partial charge < -0.3 is 10.2 Å². The second kappa shape index (κ2) is 6.54. The topological polar surface area (TPSA) is 69.0 Å². The van der Waals surface area contributed by atoms with Crippen LogP contribution in [0.5, 0.6) is 0 Å². The molecule has 1 unspecified atom stereocenters. The standard InChI is InChI=1S/C21H21ClN4O/c1-3-26-11-13-4-5-14(10-18(13)25-20(26)27)21(2,12-23)16-7-6-15-17(22)8-9-24-19(15)16/h4-5,8-10,16H,3,6-7,11H2,1-2H3,(H,25,27)/t16-,21?/m1/s1. The van der Waals surface area contributed by atoms with Crippen LogP contribution in [0.25, 0.3) is 0 Å². The summed E-state index contributed by atoms with van der Waals surface area (Å²) in [6, 6.07) is 10.2. The number of nitrogens with one attached hydrogen (secondary N) is 1. The Kier molecular flexibility index (Phi) is 4.32. The molecule has 2 atom stereocenters. The highest BCUT2D eigenvalue weighted by Gasteiger charge is 2.43. The fourth-order valence-corrected chi connectivity index (χ4v) is 4.49. The van der Waals surface area contributed by atoms with Gasteiger partial charge in [0.25, 0.3) is 0 Å². The minimum absolute atomic E-state index is 0.0271. The highest BCUT2D eigenvalue weighted by Crippen LogP contribution is 2.48. The second-order valence-electron chi connectivity index (χ2n) is 7.38. The van der Waals surface area contributed by atoms with Gasteiger partial charge in [-0.3, -0.25) is 4.98 Å². The molecule has 1 aromatic heterocycles. The summed E-state index contributed by atoms with van der Waals surface area (Å²) >= 11 is 6.34. The summed E-state index contributed by atoms with van der Waals surface area (Å²) < 4.78 is 0. The molecule has 2 amide bonds. The van der Waals surface area contributed by atoms with Gasteiger partial charge >= 0.3 is 6.03 Å². The third-order valence-electron chi connectivity index (χ3n) is 5.96. The number of hydrogen-bond acceptors (Lipinski definition) is 3. The van der Waals surface area contributed by atoms with Crippen molar-refractivity contribution in [3.8, 4) is 6.07 Å². The van der Waals surface area contributed by atoms with Crippen molar-refractivity contribution in [1.29, 1.82) is 5.26 Å². The average molecular weight is 381 g/mol. The number of fused-ring (bicyclic) bond motifs is 2. The van der Waals surface area contributed by atoms with Crippen molar-refractivity contribution < 1.29 is 4.79 Å². The maximum absolute atomic E-state index is 12.2. The van der Waals surface area contributed by atoms with E-state index in [-0.39, 0.29) is 11.9 Å². The first-order valence-electron chi connectivity index (χ1n) is 9.21. The quantitative estimate of drug-likeness (QED) is 0.845. The summed E-state index contributed by atoms with van der Waals surface area (Å²) in [6.07, 6.45) is 3.38. The van der Waals surface area contributed by atoms with Gasteiger partial charge in [0, 0.05) is 35.9 Å². The highest BCUT2D eigenvalue weighted by atomic mass is 35.5. The number of amides is 2. The number of benzene rings is 1. The molecule has 2 heterocycles. The van der Waals surface area contributed by atoms with Crippen molar-refractivity contribution in [2.75, 3.05) is 11.9 Å². The van der Waals surface area contributed by atoms with Crippen molar-refractivity contribution in [1.82, 2.24) is 9.88 Å². The summed E-state index contributed by atoms with van der Waals surface area (Å²) in [5.41, 5.74) is 3.98. The van der Waals surface area contributed by atoms with Crippen LogP contribution in [-0.4, -0.2) is 22.5 Å². The normalized spacial score (nSPS) is 20.3. The molecule has 1 aliphatic heterocycles. The Morgan fingerprint density at radius 3 is 3.00 bits per heavy atom. The van der Waals surface area contributed by atoms with Crippen LogP contribution in [0, 0.1) is 11.3 Å². The molecule has 0 saturated heterocycles. The lowest BCUT2D eigenvalue weighted by molar-refractivity contribution is 0.210. The summed E-state index contributed by atoms with van der Waals surface area (Å²) in [4.78, 5) is 18.5. The molecule has 2 aliphatic rings. The van der Waals surface area contributed by atoms with E-state index in [0.29, 0.717) is 13.1 Å². The Labute approximate surface area is 164 Å². The number of rotatable bonds is 3. The van der Waals surface area contributed by atoms with Crippen LogP contribution in [0.15, 0.2) is 30.5 Å². The number of anilines is 1. The minimum Gasteiger partial charge on any atom is -0.320 e. The predicted molar refractivity (Wildman–Crippen MR) is 105 cm³/mol. The van der Waals surface area contributed by atoms with E-state index in [1.54, 1.807) is 17.2 Å². The zero-order valence-corrected chi connectivity index (χ0v) is 16.2. The summed E-state index contributed by atoms with van der Waals surface area (Å²) in [5, 5.41) is 13.8. The van der Waals surface area contributed by atoms with Crippen LogP contribution in [0.3, 0.4) is 0 Å². The van der Waals surface area contributed by atoms with Gasteiger partial charge in [0.1, 0.15) is 0 Å². The number of pyridine rings is 1. The van der Waals surface area contributed by atoms with Crippen LogP contribution in [0.2, 0.25) is 5.02 Å². The Balaban J connectivity index is 1.75. The fourth-order valence-electron chi connectivity index (χ4n) is 4.24. The molecule has 0 radical (unpaired) electrons. The third-order valence-corrected chi connectivity index (χ3v) is 6.31. The molecular weight excluding hydrogens is 360 g/mol. The van der Waals surface area contributed by atoms with Gasteiger partial charge in [-0.05, 0) is 55.5 Å². The van der Waals surface area contributed by atoms with Gasteiger partial charge in [0.2, 0.25) is 0 Å². The molecule has 6 heteroatoms. The lowest BCUT2D eigenvalue weighted by Gasteiger charge is -2.32. The number of halogens is 1. The lowest BCUT2D eigenvalue weighted by atomic mass is 9.71. The number of hydrogen-bond donors (Lipinski definition) is 1. The maximum Gasteiger partial charge on any atom is 0.322 e. The van der Waals surface area contributed by atoms with Crippen LogP contribution in [0.1, 0.15) is 48.6 Å². The smallest absolute Gasteiger partial charge is 0.320 e. The molecule has 0 spiro atoms. The summed E-state index contributed by atoms with van der Waals surface area (Å²) in [7, 11) is 0. The van der Waals surface area contributed by atoms with Gasteiger partial charge in [-0.2, -0.15) is 5.26 Å². The maximum atomic E-state index is 12.2. The third kappa shape index (κ3) is 2.76. The van der Waals surface area contributed by atoms with Crippen molar-refractivity contribution in [2.24, 2.45) is 0 Å². The molecule has 2 aromatic rings. The number of carbonyl (C=O) groups excluding carboxylic acids is 1. The van der Waals surface area contributed by atoms with E-state index < -0.39 is 5.41 Å². The molecule has 0 saturated carbocycles. The molecule has 0 fully saturated rings. The molecular formula is C21H21ClN4O. The molecule has 1 aliphatic carbocycles. The number of nitriles is 1. The van der Waals surface area contributed by atoms with Gasteiger partial charge in [-0.1, -0.05) is 23.7 Å². The predicted octanol–water partition coefficient (Wildman–Crippen LogP) is 4.61. The van der Waals surface area contributed by atoms with Crippen molar-refractivity contribution >= 4 is 23.3 Å². The van der Waals surface area contributed by atoms with E-state index >= 15 is 0 Å².